The quantitative estimate of drug-likeness (QED) is 0.875. The monoisotopic (exact) mass is 378 g/mol. The van der Waals surface area contributed by atoms with Gasteiger partial charge in [0.05, 0.1) is 17.2 Å². The Balaban J connectivity index is 1.75. The molecule has 2 aromatic rings. The minimum Gasteiger partial charge on any atom is -0.337 e. The highest BCUT2D eigenvalue weighted by Crippen LogP contribution is 2.15. The van der Waals surface area contributed by atoms with Crippen LogP contribution in [0.3, 0.4) is 0 Å². The van der Waals surface area contributed by atoms with Crippen LogP contribution in [0, 0.1) is 0 Å². The van der Waals surface area contributed by atoms with Crippen molar-refractivity contribution in [3.63, 3.8) is 0 Å². The van der Waals surface area contributed by atoms with Crippen LogP contribution >= 0.6 is 15.9 Å². The van der Waals surface area contributed by atoms with E-state index >= 15 is 0 Å². The van der Waals surface area contributed by atoms with Gasteiger partial charge in [0, 0.05) is 43.1 Å². The van der Waals surface area contributed by atoms with E-state index in [2.05, 4.69) is 26.2 Å². The van der Waals surface area contributed by atoms with Crippen LogP contribution in [0.5, 0.6) is 0 Å². The number of carbonyl (C=O) groups excluding carboxylic acids is 1. The molecule has 0 spiro atoms. The maximum atomic E-state index is 12.5. The summed E-state index contributed by atoms with van der Waals surface area (Å²) in [4.78, 5) is 31.0. The second kappa shape index (κ2) is 6.80. The average Bonchev–Trinajstić information content (AvgIpc) is 2.55. The maximum absolute atomic E-state index is 12.5. The Bertz CT molecular complexity index is 789. The van der Waals surface area contributed by atoms with Crippen molar-refractivity contribution in [2.24, 2.45) is 0 Å². The average molecular weight is 379 g/mol. The topological polar surface area (TPSA) is 67.2 Å². The molecule has 1 aromatic carbocycles. The molecule has 1 aliphatic heterocycles. The molecule has 1 saturated heterocycles. The molecule has 7 heteroatoms. The highest BCUT2D eigenvalue weighted by Gasteiger charge is 2.22. The first-order valence-corrected chi connectivity index (χ1v) is 8.50. The van der Waals surface area contributed by atoms with Gasteiger partial charge in [-0.1, -0.05) is 15.9 Å². The Labute approximate surface area is 142 Å². The smallest absolute Gasteiger partial charge is 0.261 e. The number of amides is 1. The molecule has 0 aliphatic carbocycles. The van der Waals surface area contributed by atoms with Crippen molar-refractivity contribution < 1.29 is 4.79 Å². The van der Waals surface area contributed by atoms with Crippen LogP contribution < -0.4 is 10.9 Å². The summed E-state index contributed by atoms with van der Waals surface area (Å²) in [7, 11) is 0. The van der Waals surface area contributed by atoms with Gasteiger partial charge in [0.2, 0.25) is 5.91 Å². The molecule has 2 heterocycles. The van der Waals surface area contributed by atoms with Gasteiger partial charge in [0.25, 0.3) is 5.56 Å². The molecule has 0 bridgehead atoms. The van der Waals surface area contributed by atoms with Crippen LogP contribution in [0.25, 0.3) is 10.9 Å². The number of nitrogens with one attached hydrogen (secondary N) is 1. The number of rotatable bonds is 3. The molecule has 122 valence electrons. The fourth-order valence-corrected chi connectivity index (χ4v) is 3.22. The lowest BCUT2D eigenvalue weighted by Crippen LogP contribution is -2.52. The summed E-state index contributed by atoms with van der Waals surface area (Å²) in [6, 6.07) is 5.62. The zero-order valence-corrected chi connectivity index (χ0v) is 14.5. The lowest BCUT2D eigenvalue weighted by atomic mass is 10.2. The summed E-state index contributed by atoms with van der Waals surface area (Å²) in [5.41, 5.74) is 0.550. The van der Waals surface area contributed by atoms with Gasteiger partial charge in [-0.05, 0) is 25.1 Å². The molecule has 1 aliphatic rings. The van der Waals surface area contributed by atoms with E-state index in [9.17, 15) is 9.59 Å². The predicted molar refractivity (Wildman–Crippen MR) is 92.4 cm³/mol. The number of hydrogen-bond acceptors (Lipinski definition) is 4. The van der Waals surface area contributed by atoms with Crippen molar-refractivity contribution in [1.82, 2.24) is 19.8 Å². The number of aromatic nitrogens is 2. The van der Waals surface area contributed by atoms with E-state index in [4.69, 9.17) is 0 Å². The van der Waals surface area contributed by atoms with Crippen molar-refractivity contribution in [3.05, 3.63) is 39.4 Å². The first kappa shape index (κ1) is 16.1. The number of carbonyl (C=O) groups is 1. The molecular formula is C16H19BrN4O2. The van der Waals surface area contributed by atoms with Gasteiger partial charge in [-0.25, -0.2) is 4.98 Å². The number of benzene rings is 1. The maximum Gasteiger partial charge on any atom is 0.261 e. The number of piperazine rings is 1. The standard InChI is InChI=1S/C16H19BrN4O2/c1-11-9-18-5-7-21(11)15(22)4-6-20-10-19-14-3-2-12(17)8-13(14)16(20)23/h2-3,8,10-11,18H,4-7,9H2,1H3/t11-/m0/s1. The molecule has 1 fully saturated rings. The largest absolute Gasteiger partial charge is 0.337 e. The molecule has 0 radical (unpaired) electrons. The summed E-state index contributed by atoms with van der Waals surface area (Å²) in [6.07, 6.45) is 1.83. The van der Waals surface area contributed by atoms with Crippen LogP contribution in [-0.4, -0.2) is 46.0 Å². The summed E-state index contributed by atoms with van der Waals surface area (Å²) in [6.45, 7) is 4.74. The fourth-order valence-electron chi connectivity index (χ4n) is 2.86. The van der Waals surface area contributed by atoms with Crippen molar-refractivity contribution in [2.45, 2.75) is 25.9 Å². The lowest BCUT2D eigenvalue weighted by Gasteiger charge is -2.34. The minimum absolute atomic E-state index is 0.0836. The van der Waals surface area contributed by atoms with E-state index in [0.29, 0.717) is 23.9 Å². The van der Waals surface area contributed by atoms with Gasteiger partial charge in [-0.15, -0.1) is 0 Å². The summed E-state index contributed by atoms with van der Waals surface area (Å²) >= 11 is 3.37. The molecule has 23 heavy (non-hydrogen) atoms. The van der Waals surface area contributed by atoms with Gasteiger partial charge in [-0.3, -0.25) is 14.2 Å². The predicted octanol–water partition coefficient (Wildman–Crippen LogP) is 1.37. The lowest BCUT2D eigenvalue weighted by molar-refractivity contribution is -0.134. The molecule has 0 unspecified atom stereocenters. The number of fused-ring (bicyclic) bond motifs is 1. The first-order chi connectivity index (χ1) is 11.1. The van der Waals surface area contributed by atoms with E-state index in [1.54, 1.807) is 12.1 Å². The Morgan fingerprint density at radius 1 is 1.48 bits per heavy atom. The van der Waals surface area contributed by atoms with Crippen molar-refractivity contribution in [3.8, 4) is 0 Å². The van der Waals surface area contributed by atoms with Gasteiger partial charge < -0.3 is 10.2 Å². The van der Waals surface area contributed by atoms with E-state index in [-0.39, 0.29) is 17.5 Å². The van der Waals surface area contributed by atoms with Crippen molar-refractivity contribution >= 4 is 32.7 Å². The van der Waals surface area contributed by atoms with Gasteiger partial charge in [-0.2, -0.15) is 0 Å². The third kappa shape index (κ3) is 3.45. The third-order valence-electron chi connectivity index (χ3n) is 4.17. The minimum atomic E-state index is -0.113. The molecule has 3 rings (SSSR count). The fraction of sp³-hybridized carbons (Fsp3) is 0.438. The van der Waals surface area contributed by atoms with Gasteiger partial charge in [0.15, 0.2) is 0 Å². The molecule has 1 amide bonds. The number of aryl methyl sites for hydroxylation is 1. The highest BCUT2D eigenvalue weighted by molar-refractivity contribution is 9.10. The summed E-state index contributed by atoms with van der Waals surface area (Å²) in [5.74, 6) is 0.0836. The van der Waals surface area contributed by atoms with E-state index in [1.807, 2.05) is 17.9 Å². The van der Waals surface area contributed by atoms with E-state index in [1.165, 1.54) is 10.9 Å². The molecule has 1 aromatic heterocycles. The van der Waals surface area contributed by atoms with Crippen molar-refractivity contribution in [2.75, 3.05) is 19.6 Å². The summed E-state index contributed by atoms with van der Waals surface area (Å²) < 4.78 is 2.35. The van der Waals surface area contributed by atoms with Crippen LogP contribution in [0.15, 0.2) is 33.8 Å². The zero-order valence-electron chi connectivity index (χ0n) is 13.0. The Morgan fingerprint density at radius 2 is 2.30 bits per heavy atom. The third-order valence-corrected chi connectivity index (χ3v) is 4.67. The SMILES string of the molecule is C[C@H]1CNCCN1C(=O)CCn1cnc2ccc(Br)cc2c1=O. The van der Waals surface area contributed by atoms with Crippen LogP contribution in [0.4, 0.5) is 0 Å². The Hall–Kier alpha value is -1.73. The molecule has 1 N–H and O–H groups in total. The van der Waals surface area contributed by atoms with E-state index < -0.39 is 0 Å². The number of halogens is 1. The Morgan fingerprint density at radius 3 is 3.09 bits per heavy atom. The molecule has 6 nitrogen and oxygen atoms in total. The summed E-state index contributed by atoms with van der Waals surface area (Å²) in [5, 5.41) is 3.82. The molecule has 0 saturated carbocycles. The molecular weight excluding hydrogens is 360 g/mol. The second-order valence-corrected chi connectivity index (χ2v) is 6.71. The zero-order chi connectivity index (χ0) is 16.4. The van der Waals surface area contributed by atoms with Crippen molar-refractivity contribution in [1.29, 1.82) is 0 Å². The Kier molecular flexibility index (Phi) is 4.77. The van der Waals surface area contributed by atoms with Crippen LogP contribution in [0.2, 0.25) is 0 Å². The van der Waals surface area contributed by atoms with Crippen LogP contribution in [-0.2, 0) is 11.3 Å². The second-order valence-electron chi connectivity index (χ2n) is 5.79. The number of nitrogens with zero attached hydrogens (tertiary/aromatic N) is 3. The van der Waals surface area contributed by atoms with E-state index in [0.717, 1.165) is 24.1 Å². The highest BCUT2D eigenvalue weighted by atomic mass is 79.9. The van der Waals surface area contributed by atoms with Gasteiger partial charge in [0.1, 0.15) is 0 Å². The molecule has 1 atom stereocenters. The van der Waals surface area contributed by atoms with Gasteiger partial charge >= 0.3 is 0 Å². The first-order valence-electron chi connectivity index (χ1n) is 7.71. The number of hydrogen-bond donors (Lipinski definition) is 1. The normalized spacial score (nSPS) is 18.3. The van der Waals surface area contributed by atoms with Crippen LogP contribution in [0.1, 0.15) is 13.3 Å².